The monoisotopic (exact) mass is 203 g/mol. The van der Waals surface area contributed by atoms with Crippen molar-refractivity contribution in [3.8, 4) is 6.07 Å². The van der Waals surface area contributed by atoms with E-state index in [1.165, 1.54) is 0 Å². The number of rotatable bonds is 5. The minimum Gasteiger partial charge on any atom is -0.478 e. The molecule has 0 spiro atoms. The van der Waals surface area contributed by atoms with Gasteiger partial charge in [-0.1, -0.05) is 12.1 Å². The Labute approximate surface area is 89.0 Å². The first-order chi connectivity index (χ1) is 7.24. The predicted molar refractivity (Wildman–Crippen MR) is 56.6 cm³/mol. The molecule has 0 unspecified atom stereocenters. The van der Waals surface area contributed by atoms with Crippen LogP contribution >= 0.6 is 0 Å². The van der Waals surface area contributed by atoms with Crippen molar-refractivity contribution in [3.63, 3.8) is 0 Å². The number of nitrogens with zero attached hydrogens (tertiary/aromatic N) is 1. The van der Waals surface area contributed by atoms with E-state index in [0.717, 1.165) is 24.8 Å². The second-order valence-corrected chi connectivity index (χ2v) is 3.37. The van der Waals surface area contributed by atoms with Gasteiger partial charge in [-0.05, 0) is 37.0 Å². The van der Waals surface area contributed by atoms with Gasteiger partial charge in [0.05, 0.1) is 11.6 Å². The Morgan fingerprint density at radius 1 is 1.27 bits per heavy atom. The molecular weight excluding hydrogens is 190 g/mol. The molecule has 3 nitrogen and oxygen atoms in total. The molecule has 0 aliphatic rings. The van der Waals surface area contributed by atoms with Gasteiger partial charge in [0.2, 0.25) is 0 Å². The second kappa shape index (κ2) is 5.82. The van der Waals surface area contributed by atoms with E-state index in [1.807, 2.05) is 12.1 Å². The summed E-state index contributed by atoms with van der Waals surface area (Å²) in [6.07, 6.45) is 3.37. The van der Waals surface area contributed by atoms with Crippen LogP contribution in [-0.4, -0.2) is 11.1 Å². The Hall–Kier alpha value is -1.82. The third-order valence-corrected chi connectivity index (χ3v) is 2.20. The number of unbranched alkanes of at least 4 members (excludes halogenated alkanes) is 2. The summed E-state index contributed by atoms with van der Waals surface area (Å²) >= 11 is 0. The van der Waals surface area contributed by atoms with Gasteiger partial charge in [-0.3, -0.25) is 0 Å². The Bertz CT molecular complexity index is 362. The summed E-state index contributed by atoms with van der Waals surface area (Å²) in [5.41, 5.74) is 1.44. The van der Waals surface area contributed by atoms with Crippen molar-refractivity contribution in [1.29, 1.82) is 5.26 Å². The van der Waals surface area contributed by atoms with Crippen LogP contribution in [0, 0.1) is 11.3 Å². The van der Waals surface area contributed by atoms with Crippen molar-refractivity contribution < 1.29 is 9.90 Å². The fraction of sp³-hybridized carbons (Fsp3) is 0.333. The molecule has 0 aliphatic heterocycles. The SMILES string of the molecule is N#CCCCCc1ccc(C(=O)O)cc1. The molecule has 0 aromatic heterocycles. The highest BCUT2D eigenvalue weighted by Crippen LogP contribution is 2.08. The highest BCUT2D eigenvalue weighted by Gasteiger charge is 2.01. The van der Waals surface area contributed by atoms with Crippen molar-refractivity contribution in [3.05, 3.63) is 35.4 Å². The van der Waals surface area contributed by atoms with Crippen LogP contribution in [0.15, 0.2) is 24.3 Å². The standard InChI is InChI=1S/C12H13NO2/c13-9-3-1-2-4-10-5-7-11(8-6-10)12(14)15/h5-8H,1-4H2,(H,14,15). The smallest absolute Gasteiger partial charge is 0.335 e. The summed E-state index contributed by atoms with van der Waals surface area (Å²) in [6, 6.07) is 8.98. The Balaban J connectivity index is 2.43. The van der Waals surface area contributed by atoms with Gasteiger partial charge in [0, 0.05) is 6.42 Å². The van der Waals surface area contributed by atoms with E-state index in [-0.39, 0.29) is 0 Å². The average Bonchev–Trinajstić information content (AvgIpc) is 2.25. The van der Waals surface area contributed by atoms with E-state index < -0.39 is 5.97 Å². The van der Waals surface area contributed by atoms with Crippen LogP contribution in [0.25, 0.3) is 0 Å². The van der Waals surface area contributed by atoms with Gasteiger partial charge in [0.15, 0.2) is 0 Å². The lowest BCUT2D eigenvalue weighted by atomic mass is 10.1. The third-order valence-electron chi connectivity index (χ3n) is 2.20. The lowest BCUT2D eigenvalue weighted by Crippen LogP contribution is -1.96. The lowest BCUT2D eigenvalue weighted by molar-refractivity contribution is 0.0697. The molecule has 0 bridgehead atoms. The maximum absolute atomic E-state index is 10.6. The van der Waals surface area contributed by atoms with E-state index in [1.54, 1.807) is 12.1 Å². The van der Waals surface area contributed by atoms with Crippen LogP contribution in [0.3, 0.4) is 0 Å². The van der Waals surface area contributed by atoms with E-state index in [9.17, 15) is 4.79 Å². The van der Waals surface area contributed by atoms with E-state index in [2.05, 4.69) is 6.07 Å². The molecule has 78 valence electrons. The van der Waals surface area contributed by atoms with E-state index in [4.69, 9.17) is 10.4 Å². The first-order valence-electron chi connectivity index (χ1n) is 4.93. The first kappa shape index (κ1) is 11.3. The van der Waals surface area contributed by atoms with Gasteiger partial charge >= 0.3 is 5.97 Å². The van der Waals surface area contributed by atoms with Gasteiger partial charge in [0.1, 0.15) is 0 Å². The van der Waals surface area contributed by atoms with Gasteiger partial charge < -0.3 is 5.11 Å². The zero-order valence-electron chi connectivity index (χ0n) is 8.44. The molecule has 0 heterocycles. The number of aryl methyl sites for hydroxylation is 1. The Morgan fingerprint density at radius 3 is 2.47 bits per heavy atom. The molecule has 0 fully saturated rings. The number of carbonyl (C=O) groups is 1. The summed E-state index contributed by atoms with van der Waals surface area (Å²) < 4.78 is 0. The molecule has 3 heteroatoms. The minimum absolute atomic E-state index is 0.316. The number of hydrogen-bond acceptors (Lipinski definition) is 2. The van der Waals surface area contributed by atoms with E-state index >= 15 is 0 Å². The number of hydrogen-bond donors (Lipinski definition) is 1. The van der Waals surface area contributed by atoms with Crippen LogP contribution in [0.2, 0.25) is 0 Å². The zero-order valence-corrected chi connectivity index (χ0v) is 8.44. The van der Waals surface area contributed by atoms with Gasteiger partial charge in [0.25, 0.3) is 0 Å². The molecule has 15 heavy (non-hydrogen) atoms. The van der Waals surface area contributed by atoms with Crippen LogP contribution in [0.5, 0.6) is 0 Å². The summed E-state index contributed by atoms with van der Waals surface area (Å²) in [5.74, 6) is -0.897. The maximum atomic E-state index is 10.6. The van der Waals surface area contributed by atoms with Crippen LogP contribution in [-0.2, 0) is 6.42 Å². The zero-order chi connectivity index (χ0) is 11.1. The number of aromatic carboxylic acids is 1. The van der Waals surface area contributed by atoms with Crippen molar-refractivity contribution in [1.82, 2.24) is 0 Å². The van der Waals surface area contributed by atoms with Crippen molar-refractivity contribution >= 4 is 5.97 Å². The van der Waals surface area contributed by atoms with Crippen LogP contribution in [0.1, 0.15) is 35.2 Å². The molecule has 1 rings (SSSR count). The Morgan fingerprint density at radius 2 is 1.93 bits per heavy atom. The predicted octanol–water partition coefficient (Wildman–Crippen LogP) is 2.62. The molecule has 0 saturated carbocycles. The largest absolute Gasteiger partial charge is 0.478 e. The maximum Gasteiger partial charge on any atom is 0.335 e. The summed E-state index contributed by atoms with van der Waals surface area (Å²) in [7, 11) is 0. The number of carboxylic acids is 1. The molecule has 0 atom stereocenters. The minimum atomic E-state index is -0.897. The molecule has 0 saturated heterocycles. The molecule has 1 aromatic carbocycles. The molecule has 1 N–H and O–H groups in total. The fourth-order valence-electron chi connectivity index (χ4n) is 1.35. The first-order valence-corrected chi connectivity index (χ1v) is 4.93. The number of benzene rings is 1. The van der Waals surface area contributed by atoms with Gasteiger partial charge in [-0.15, -0.1) is 0 Å². The number of nitriles is 1. The number of carboxylic acid groups (broad SMARTS) is 1. The van der Waals surface area contributed by atoms with Crippen LogP contribution < -0.4 is 0 Å². The van der Waals surface area contributed by atoms with Crippen LogP contribution in [0.4, 0.5) is 0 Å². The summed E-state index contributed by atoms with van der Waals surface area (Å²) in [6.45, 7) is 0. The topological polar surface area (TPSA) is 61.1 Å². The fourth-order valence-corrected chi connectivity index (χ4v) is 1.35. The van der Waals surface area contributed by atoms with Gasteiger partial charge in [-0.2, -0.15) is 5.26 Å². The molecule has 1 aromatic rings. The normalized spacial score (nSPS) is 9.53. The van der Waals surface area contributed by atoms with Crippen molar-refractivity contribution in [2.24, 2.45) is 0 Å². The molecule has 0 radical (unpaired) electrons. The summed E-state index contributed by atoms with van der Waals surface area (Å²) in [5, 5.41) is 17.0. The Kier molecular flexibility index (Phi) is 4.36. The highest BCUT2D eigenvalue weighted by atomic mass is 16.4. The lowest BCUT2D eigenvalue weighted by Gasteiger charge is -2.00. The molecule has 0 amide bonds. The third kappa shape index (κ3) is 3.82. The van der Waals surface area contributed by atoms with Crippen molar-refractivity contribution in [2.45, 2.75) is 25.7 Å². The van der Waals surface area contributed by atoms with Crippen molar-refractivity contribution in [2.75, 3.05) is 0 Å². The second-order valence-electron chi connectivity index (χ2n) is 3.37. The molecule has 0 aliphatic carbocycles. The summed E-state index contributed by atoms with van der Waals surface area (Å²) in [4.78, 5) is 10.6. The average molecular weight is 203 g/mol. The quantitative estimate of drug-likeness (QED) is 0.748. The van der Waals surface area contributed by atoms with E-state index in [0.29, 0.717) is 12.0 Å². The van der Waals surface area contributed by atoms with Gasteiger partial charge in [-0.25, -0.2) is 4.79 Å². The highest BCUT2D eigenvalue weighted by molar-refractivity contribution is 5.87. The molecular formula is C12H13NO2.